The van der Waals surface area contributed by atoms with Crippen LogP contribution in [0.1, 0.15) is 51.5 Å². The maximum Gasteiger partial charge on any atom is 0.325 e. The first kappa shape index (κ1) is 23.1. The SMILES string of the molecule is CCCCN(CCCC)C1C(Cc2ccccc2)=CCC1(C(=O)OC)C(=O)OC. The van der Waals surface area contributed by atoms with E-state index < -0.39 is 17.4 Å². The summed E-state index contributed by atoms with van der Waals surface area (Å²) in [5.74, 6) is -1.02. The third kappa shape index (κ3) is 5.08. The summed E-state index contributed by atoms with van der Waals surface area (Å²) in [7, 11) is 2.70. The van der Waals surface area contributed by atoms with E-state index in [-0.39, 0.29) is 6.04 Å². The summed E-state index contributed by atoms with van der Waals surface area (Å²) >= 11 is 0. The van der Waals surface area contributed by atoms with Crippen molar-refractivity contribution >= 4 is 11.9 Å². The summed E-state index contributed by atoms with van der Waals surface area (Å²) in [4.78, 5) is 28.3. The van der Waals surface area contributed by atoms with Crippen LogP contribution in [0.15, 0.2) is 42.0 Å². The molecular formula is C24H35NO4. The van der Waals surface area contributed by atoms with E-state index in [0.29, 0.717) is 12.8 Å². The molecular weight excluding hydrogens is 366 g/mol. The summed E-state index contributed by atoms with van der Waals surface area (Å²) in [6.45, 7) is 5.98. The van der Waals surface area contributed by atoms with Crippen molar-refractivity contribution in [2.24, 2.45) is 5.41 Å². The van der Waals surface area contributed by atoms with Crippen molar-refractivity contribution < 1.29 is 19.1 Å². The van der Waals surface area contributed by atoms with Gasteiger partial charge in [0.05, 0.1) is 20.3 Å². The van der Waals surface area contributed by atoms with Crippen molar-refractivity contribution in [3.8, 4) is 0 Å². The van der Waals surface area contributed by atoms with Gasteiger partial charge in [0.2, 0.25) is 0 Å². The number of benzene rings is 1. The molecule has 0 saturated heterocycles. The molecule has 0 aliphatic heterocycles. The van der Waals surface area contributed by atoms with Gasteiger partial charge in [0.1, 0.15) is 0 Å². The van der Waals surface area contributed by atoms with Crippen LogP contribution in [0.25, 0.3) is 0 Å². The van der Waals surface area contributed by atoms with Crippen molar-refractivity contribution in [1.29, 1.82) is 0 Å². The van der Waals surface area contributed by atoms with Crippen molar-refractivity contribution in [1.82, 2.24) is 4.90 Å². The second-order valence-corrected chi connectivity index (χ2v) is 7.75. The maximum absolute atomic E-state index is 13.0. The van der Waals surface area contributed by atoms with Gasteiger partial charge in [0, 0.05) is 0 Å². The summed E-state index contributed by atoms with van der Waals surface area (Å²) in [6.07, 6.45) is 7.20. The minimum atomic E-state index is -1.34. The lowest BCUT2D eigenvalue weighted by atomic mass is 9.77. The average molecular weight is 402 g/mol. The van der Waals surface area contributed by atoms with Gasteiger partial charge in [-0.05, 0) is 44.3 Å². The van der Waals surface area contributed by atoms with Gasteiger partial charge >= 0.3 is 11.9 Å². The minimum absolute atomic E-state index is 0.313. The number of rotatable bonds is 11. The number of hydrogen-bond donors (Lipinski definition) is 0. The molecule has 5 nitrogen and oxygen atoms in total. The number of esters is 2. The number of unbranched alkanes of at least 4 members (excludes halogenated alkanes) is 2. The molecule has 1 aromatic carbocycles. The molecule has 0 heterocycles. The molecule has 29 heavy (non-hydrogen) atoms. The quantitative estimate of drug-likeness (QED) is 0.317. The van der Waals surface area contributed by atoms with E-state index in [1.807, 2.05) is 18.2 Å². The van der Waals surface area contributed by atoms with E-state index in [9.17, 15) is 9.59 Å². The van der Waals surface area contributed by atoms with Crippen molar-refractivity contribution in [2.75, 3.05) is 27.3 Å². The number of methoxy groups -OCH3 is 2. The molecule has 2 rings (SSSR count). The maximum atomic E-state index is 13.0. The molecule has 0 aromatic heterocycles. The van der Waals surface area contributed by atoms with E-state index in [1.54, 1.807) is 0 Å². The smallest absolute Gasteiger partial charge is 0.325 e. The number of ether oxygens (including phenoxy) is 2. The predicted molar refractivity (Wildman–Crippen MR) is 114 cm³/mol. The number of carbonyl (C=O) groups excluding carboxylic acids is 2. The molecule has 0 bridgehead atoms. The standard InChI is InChI=1S/C24H35NO4/c1-5-7-16-25(17-8-6-2)21-20(18-19-12-10-9-11-13-19)14-15-24(21,22(26)28-3)23(27)29-4/h9-14,21H,5-8,15-18H2,1-4H3. The minimum Gasteiger partial charge on any atom is -0.468 e. The third-order valence-corrected chi connectivity index (χ3v) is 5.82. The van der Waals surface area contributed by atoms with Crippen LogP contribution in [-0.4, -0.2) is 50.2 Å². The molecule has 160 valence electrons. The fraction of sp³-hybridized carbons (Fsp3) is 0.583. The molecule has 5 heteroatoms. The average Bonchev–Trinajstić information content (AvgIpc) is 3.13. The molecule has 1 aliphatic rings. The second kappa shape index (κ2) is 11.1. The molecule has 1 atom stereocenters. The van der Waals surface area contributed by atoms with Crippen LogP contribution in [0, 0.1) is 5.41 Å². The Balaban J connectivity index is 2.49. The highest BCUT2D eigenvalue weighted by atomic mass is 16.5. The zero-order chi connectivity index (χ0) is 21.3. The summed E-state index contributed by atoms with van der Waals surface area (Å²) in [5, 5.41) is 0. The summed E-state index contributed by atoms with van der Waals surface area (Å²) in [6, 6.07) is 9.83. The molecule has 1 aromatic rings. The van der Waals surface area contributed by atoms with Gasteiger partial charge in [-0.15, -0.1) is 0 Å². The highest BCUT2D eigenvalue weighted by molar-refractivity contribution is 6.02. The molecule has 0 N–H and O–H groups in total. The zero-order valence-corrected chi connectivity index (χ0v) is 18.3. The Labute approximate surface area is 175 Å². The van der Waals surface area contributed by atoms with E-state index in [2.05, 4.69) is 37.0 Å². The van der Waals surface area contributed by atoms with E-state index >= 15 is 0 Å². The lowest BCUT2D eigenvalue weighted by molar-refractivity contribution is -0.172. The monoisotopic (exact) mass is 401 g/mol. The Kier molecular flexibility index (Phi) is 8.90. The van der Waals surface area contributed by atoms with Crippen LogP contribution in [0.4, 0.5) is 0 Å². The van der Waals surface area contributed by atoms with E-state index in [1.165, 1.54) is 19.8 Å². The Morgan fingerprint density at radius 1 is 1.00 bits per heavy atom. The second-order valence-electron chi connectivity index (χ2n) is 7.75. The van der Waals surface area contributed by atoms with Crippen molar-refractivity contribution in [3.63, 3.8) is 0 Å². The lowest BCUT2D eigenvalue weighted by Gasteiger charge is -2.40. The van der Waals surface area contributed by atoms with Crippen LogP contribution in [0.2, 0.25) is 0 Å². The van der Waals surface area contributed by atoms with Crippen molar-refractivity contribution in [2.45, 2.75) is 58.4 Å². The van der Waals surface area contributed by atoms with Crippen LogP contribution < -0.4 is 0 Å². The van der Waals surface area contributed by atoms with Gasteiger partial charge in [0.15, 0.2) is 5.41 Å². The largest absolute Gasteiger partial charge is 0.468 e. The predicted octanol–water partition coefficient (Wildman–Crippen LogP) is 4.16. The van der Waals surface area contributed by atoms with Gasteiger partial charge in [0.25, 0.3) is 0 Å². The first-order valence-corrected chi connectivity index (χ1v) is 10.7. The molecule has 1 unspecified atom stereocenters. The molecule has 0 radical (unpaired) electrons. The fourth-order valence-corrected chi connectivity index (χ4v) is 4.31. The van der Waals surface area contributed by atoms with Crippen LogP contribution >= 0.6 is 0 Å². The van der Waals surface area contributed by atoms with Gasteiger partial charge in [-0.1, -0.05) is 68.7 Å². The van der Waals surface area contributed by atoms with E-state index in [0.717, 1.165) is 44.3 Å². The van der Waals surface area contributed by atoms with Gasteiger partial charge in [-0.3, -0.25) is 14.5 Å². The van der Waals surface area contributed by atoms with Gasteiger partial charge in [-0.2, -0.15) is 0 Å². The topological polar surface area (TPSA) is 55.8 Å². The number of allylic oxidation sites excluding steroid dienone is 1. The Bertz CT molecular complexity index is 674. The molecule has 0 fully saturated rings. The Hall–Kier alpha value is -2.14. The van der Waals surface area contributed by atoms with E-state index in [4.69, 9.17) is 9.47 Å². The van der Waals surface area contributed by atoms with Crippen LogP contribution in [-0.2, 0) is 25.5 Å². The first-order chi connectivity index (χ1) is 14.0. The van der Waals surface area contributed by atoms with Crippen LogP contribution in [0.3, 0.4) is 0 Å². The number of nitrogens with zero attached hydrogens (tertiary/aromatic N) is 1. The third-order valence-electron chi connectivity index (χ3n) is 5.82. The van der Waals surface area contributed by atoms with Crippen molar-refractivity contribution in [3.05, 3.63) is 47.5 Å². The number of hydrogen-bond acceptors (Lipinski definition) is 5. The fourth-order valence-electron chi connectivity index (χ4n) is 4.31. The summed E-state index contributed by atoms with van der Waals surface area (Å²) in [5.41, 5.74) is 0.925. The number of carbonyl (C=O) groups is 2. The van der Waals surface area contributed by atoms with Gasteiger partial charge < -0.3 is 9.47 Å². The zero-order valence-electron chi connectivity index (χ0n) is 18.3. The molecule has 0 amide bonds. The first-order valence-electron chi connectivity index (χ1n) is 10.7. The normalized spacial score (nSPS) is 17.8. The Morgan fingerprint density at radius 3 is 2.03 bits per heavy atom. The van der Waals surface area contributed by atoms with Crippen LogP contribution in [0.5, 0.6) is 0 Å². The molecule has 0 spiro atoms. The lowest BCUT2D eigenvalue weighted by Crippen LogP contribution is -2.56. The molecule has 0 saturated carbocycles. The van der Waals surface area contributed by atoms with Gasteiger partial charge in [-0.25, -0.2) is 0 Å². The Morgan fingerprint density at radius 2 is 1.55 bits per heavy atom. The summed E-state index contributed by atoms with van der Waals surface area (Å²) < 4.78 is 10.3. The highest BCUT2D eigenvalue weighted by Gasteiger charge is 2.59. The molecule has 1 aliphatic carbocycles. The highest BCUT2D eigenvalue weighted by Crippen LogP contribution is 2.44.